The number of thiazole rings is 1. The Morgan fingerprint density at radius 1 is 1.10 bits per heavy atom. The molecule has 0 saturated carbocycles. The van der Waals surface area contributed by atoms with Crippen LogP contribution < -0.4 is 0 Å². The third-order valence-electron chi connectivity index (χ3n) is 2.86. The molecule has 3 aromatic heterocycles. The average Bonchev–Trinajstić information content (AvgIpc) is 3.24. The number of furan rings is 1. The Balaban J connectivity index is 1.64. The molecule has 6 nitrogen and oxygen atoms in total. The van der Waals surface area contributed by atoms with Crippen molar-refractivity contribution in [2.45, 2.75) is 0 Å². The second kappa shape index (κ2) is 4.95. The molecule has 0 aliphatic carbocycles. The summed E-state index contributed by atoms with van der Waals surface area (Å²) in [5, 5.41) is 12.3. The number of hydrogen-bond acceptors (Lipinski definition) is 6. The molecule has 0 N–H and O–H groups in total. The van der Waals surface area contributed by atoms with Gasteiger partial charge >= 0.3 is 0 Å². The molecule has 4 aromatic rings. The molecule has 7 heteroatoms. The summed E-state index contributed by atoms with van der Waals surface area (Å²) in [4.78, 5) is 4.56. The van der Waals surface area contributed by atoms with Gasteiger partial charge in [-0.1, -0.05) is 12.1 Å². The Hall–Kier alpha value is -2.80. The van der Waals surface area contributed by atoms with Gasteiger partial charge in [0.05, 0.1) is 16.4 Å². The van der Waals surface area contributed by atoms with Crippen molar-refractivity contribution in [3.8, 4) is 10.8 Å². The molecule has 0 amide bonds. The Labute approximate surface area is 123 Å². The maximum absolute atomic E-state index is 5.74. The van der Waals surface area contributed by atoms with Crippen molar-refractivity contribution in [3.05, 3.63) is 54.8 Å². The van der Waals surface area contributed by atoms with Gasteiger partial charge in [0.15, 0.2) is 10.8 Å². The minimum Gasteiger partial charge on any atom is -0.453 e. The van der Waals surface area contributed by atoms with E-state index in [2.05, 4.69) is 20.3 Å². The fourth-order valence-electron chi connectivity index (χ4n) is 1.89. The van der Waals surface area contributed by atoms with Crippen LogP contribution in [0.5, 0.6) is 0 Å². The Kier molecular flexibility index (Phi) is 2.82. The predicted octanol–water partition coefficient (Wildman–Crippen LogP) is 3.03. The molecule has 0 saturated heterocycles. The van der Waals surface area contributed by atoms with Crippen LogP contribution in [0, 0.1) is 0 Å². The van der Waals surface area contributed by atoms with E-state index >= 15 is 0 Å². The van der Waals surface area contributed by atoms with E-state index in [1.807, 2.05) is 36.4 Å². The van der Waals surface area contributed by atoms with Crippen LogP contribution in [0.2, 0.25) is 0 Å². The SMILES string of the molecule is C(=N/n1cnnc1)/c1ccc(-c2nc3ccccc3s2)o1. The van der Waals surface area contributed by atoms with Crippen molar-refractivity contribution >= 4 is 27.8 Å². The van der Waals surface area contributed by atoms with Crippen LogP contribution in [0.15, 0.2) is 58.6 Å². The van der Waals surface area contributed by atoms with Crippen LogP contribution in [0.1, 0.15) is 5.76 Å². The van der Waals surface area contributed by atoms with Gasteiger partial charge in [0, 0.05) is 0 Å². The van der Waals surface area contributed by atoms with Crippen LogP contribution in [-0.4, -0.2) is 26.1 Å². The highest BCUT2D eigenvalue weighted by atomic mass is 32.1. The number of fused-ring (bicyclic) bond motifs is 1. The van der Waals surface area contributed by atoms with Gasteiger partial charge in [-0.2, -0.15) is 5.10 Å². The fourth-order valence-corrected chi connectivity index (χ4v) is 2.82. The van der Waals surface area contributed by atoms with E-state index in [9.17, 15) is 0 Å². The minimum absolute atomic E-state index is 0.651. The molecule has 3 heterocycles. The molecule has 0 atom stereocenters. The lowest BCUT2D eigenvalue weighted by molar-refractivity contribution is 0.574. The van der Waals surface area contributed by atoms with Crippen LogP contribution in [-0.2, 0) is 0 Å². The molecule has 21 heavy (non-hydrogen) atoms. The predicted molar refractivity (Wildman–Crippen MR) is 80.3 cm³/mol. The summed E-state index contributed by atoms with van der Waals surface area (Å²) in [5.41, 5.74) is 0.980. The van der Waals surface area contributed by atoms with Crippen molar-refractivity contribution in [2.75, 3.05) is 0 Å². The van der Waals surface area contributed by atoms with E-state index < -0.39 is 0 Å². The van der Waals surface area contributed by atoms with E-state index in [-0.39, 0.29) is 0 Å². The van der Waals surface area contributed by atoms with E-state index in [1.165, 1.54) is 17.3 Å². The van der Waals surface area contributed by atoms with Gasteiger partial charge in [0.25, 0.3) is 0 Å². The maximum Gasteiger partial charge on any atom is 0.163 e. The van der Waals surface area contributed by atoms with E-state index in [0.717, 1.165) is 21.0 Å². The number of aromatic nitrogens is 4. The lowest BCUT2D eigenvalue weighted by Gasteiger charge is -1.89. The standard InChI is InChI=1S/C14H9N5OS/c1-2-4-13-11(3-1)18-14(21-13)12-6-5-10(20-12)7-17-19-8-15-16-9-19/h1-9H/b17-7-. The van der Waals surface area contributed by atoms with Crippen molar-refractivity contribution in [1.29, 1.82) is 0 Å². The smallest absolute Gasteiger partial charge is 0.163 e. The van der Waals surface area contributed by atoms with Crippen LogP contribution in [0.25, 0.3) is 21.0 Å². The zero-order valence-corrected chi connectivity index (χ0v) is 11.6. The van der Waals surface area contributed by atoms with Gasteiger partial charge in [-0.15, -0.1) is 21.5 Å². The molecular formula is C14H9N5OS. The van der Waals surface area contributed by atoms with Crippen LogP contribution in [0.4, 0.5) is 0 Å². The van der Waals surface area contributed by atoms with Crippen molar-refractivity contribution in [1.82, 2.24) is 19.9 Å². The van der Waals surface area contributed by atoms with Crippen LogP contribution in [0.3, 0.4) is 0 Å². The monoisotopic (exact) mass is 295 g/mol. The summed E-state index contributed by atoms with van der Waals surface area (Å²) in [6.45, 7) is 0. The second-order valence-corrected chi connectivity index (χ2v) is 5.31. The summed E-state index contributed by atoms with van der Waals surface area (Å²) in [6, 6.07) is 11.8. The molecule has 0 aliphatic rings. The molecule has 4 rings (SSSR count). The molecular weight excluding hydrogens is 286 g/mol. The van der Waals surface area contributed by atoms with E-state index in [4.69, 9.17) is 4.42 Å². The third kappa shape index (κ3) is 2.34. The van der Waals surface area contributed by atoms with Gasteiger partial charge in [-0.25, -0.2) is 9.66 Å². The molecule has 0 unspecified atom stereocenters. The molecule has 0 bridgehead atoms. The number of benzene rings is 1. The Morgan fingerprint density at radius 2 is 1.95 bits per heavy atom. The molecule has 0 fully saturated rings. The zero-order chi connectivity index (χ0) is 14.1. The molecule has 0 radical (unpaired) electrons. The first-order valence-corrected chi connectivity index (χ1v) is 7.05. The fraction of sp³-hybridized carbons (Fsp3) is 0. The molecule has 102 valence electrons. The molecule has 1 aromatic carbocycles. The van der Waals surface area contributed by atoms with Crippen molar-refractivity contribution in [2.24, 2.45) is 5.10 Å². The average molecular weight is 295 g/mol. The van der Waals surface area contributed by atoms with E-state index in [0.29, 0.717) is 5.76 Å². The Morgan fingerprint density at radius 3 is 2.81 bits per heavy atom. The summed E-state index contributed by atoms with van der Waals surface area (Å²) < 4.78 is 8.38. The second-order valence-electron chi connectivity index (χ2n) is 4.28. The van der Waals surface area contributed by atoms with Gasteiger partial charge in [0.2, 0.25) is 0 Å². The van der Waals surface area contributed by atoms with Crippen molar-refractivity contribution < 1.29 is 4.42 Å². The molecule has 0 aliphatic heterocycles. The van der Waals surface area contributed by atoms with Gasteiger partial charge < -0.3 is 4.42 Å². The van der Waals surface area contributed by atoms with Gasteiger partial charge in [-0.3, -0.25) is 0 Å². The lowest BCUT2D eigenvalue weighted by atomic mass is 10.3. The highest BCUT2D eigenvalue weighted by Gasteiger charge is 2.09. The summed E-state index contributed by atoms with van der Waals surface area (Å²) in [7, 11) is 0. The largest absolute Gasteiger partial charge is 0.453 e. The number of rotatable bonds is 3. The number of nitrogens with zero attached hydrogens (tertiary/aromatic N) is 5. The van der Waals surface area contributed by atoms with E-state index in [1.54, 1.807) is 17.6 Å². The summed E-state index contributed by atoms with van der Waals surface area (Å²) in [5.74, 6) is 1.39. The first-order chi connectivity index (χ1) is 10.4. The first-order valence-electron chi connectivity index (χ1n) is 6.23. The highest BCUT2D eigenvalue weighted by Crippen LogP contribution is 2.30. The quantitative estimate of drug-likeness (QED) is 0.545. The lowest BCUT2D eigenvalue weighted by Crippen LogP contribution is -1.84. The van der Waals surface area contributed by atoms with Gasteiger partial charge in [0.1, 0.15) is 18.4 Å². The number of para-hydroxylation sites is 1. The zero-order valence-electron chi connectivity index (χ0n) is 10.7. The third-order valence-corrected chi connectivity index (χ3v) is 3.91. The summed E-state index contributed by atoms with van der Waals surface area (Å²) in [6.07, 6.45) is 4.63. The summed E-state index contributed by atoms with van der Waals surface area (Å²) >= 11 is 1.60. The highest BCUT2D eigenvalue weighted by molar-refractivity contribution is 7.21. The number of hydrogen-bond donors (Lipinski definition) is 0. The minimum atomic E-state index is 0.651. The normalized spacial score (nSPS) is 11.6. The van der Waals surface area contributed by atoms with Crippen LogP contribution >= 0.6 is 11.3 Å². The Bertz CT molecular complexity index is 873. The first kappa shape index (κ1) is 12.0. The molecule has 0 spiro atoms. The topological polar surface area (TPSA) is 69.1 Å². The van der Waals surface area contributed by atoms with Crippen molar-refractivity contribution in [3.63, 3.8) is 0 Å². The maximum atomic E-state index is 5.74. The van der Waals surface area contributed by atoms with Gasteiger partial charge in [-0.05, 0) is 24.3 Å².